The Morgan fingerprint density at radius 3 is 1.17 bits per heavy atom. The molecule has 0 heterocycles. The van der Waals surface area contributed by atoms with Crippen molar-refractivity contribution in [2.24, 2.45) is 11.8 Å². The van der Waals surface area contributed by atoms with Crippen LogP contribution in [0.2, 0.25) is 0 Å². The molecule has 0 fully saturated rings. The summed E-state index contributed by atoms with van der Waals surface area (Å²) in [6.07, 6.45) is 30.6. The summed E-state index contributed by atoms with van der Waals surface area (Å²) < 4.78 is 0. The zero-order valence-electron chi connectivity index (χ0n) is 21.7. The molecule has 178 valence electrons. The molecule has 0 aliphatic carbocycles. The van der Waals surface area contributed by atoms with E-state index in [1.54, 1.807) is 0 Å². The van der Waals surface area contributed by atoms with Crippen molar-refractivity contribution in [3.8, 4) is 11.8 Å². The maximum Gasteiger partial charge on any atom is 0.00886 e. The number of rotatable bonds is 22. The van der Waals surface area contributed by atoms with Crippen LogP contribution in [0.4, 0.5) is 0 Å². The van der Waals surface area contributed by atoms with E-state index in [4.69, 9.17) is 0 Å². The Balaban J connectivity index is 3.34. The van der Waals surface area contributed by atoms with Crippen LogP contribution in [0, 0.1) is 23.7 Å². The Kier molecular flexibility index (Phi) is 24.5. The van der Waals surface area contributed by atoms with Crippen LogP contribution < -0.4 is 0 Å². The van der Waals surface area contributed by atoms with Crippen LogP contribution in [0.5, 0.6) is 0 Å². The lowest BCUT2D eigenvalue weighted by atomic mass is 9.93. The highest BCUT2D eigenvalue weighted by Crippen LogP contribution is 2.20. The van der Waals surface area contributed by atoms with Crippen molar-refractivity contribution in [3.05, 3.63) is 0 Å². The van der Waals surface area contributed by atoms with E-state index in [1.807, 2.05) is 0 Å². The number of unbranched alkanes of at least 4 members (excludes halogenated alkanes) is 14. The van der Waals surface area contributed by atoms with E-state index < -0.39 is 0 Å². The molecule has 30 heavy (non-hydrogen) atoms. The molecule has 0 nitrogen and oxygen atoms in total. The van der Waals surface area contributed by atoms with Crippen molar-refractivity contribution >= 4 is 0 Å². The van der Waals surface area contributed by atoms with E-state index in [9.17, 15) is 0 Å². The van der Waals surface area contributed by atoms with Gasteiger partial charge in [-0.15, -0.1) is 11.8 Å². The molecular formula is C30H58. The monoisotopic (exact) mass is 418 g/mol. The normalized spacial score (nSPS) is 13.1. The van der Waals surface area contributed by atoms with Gasteiger partial charge in [-0.2, -0.15) is 0 Å². The van der Waals surface area contributed by atoms with Gasteiger partial charge in [0.15, 0.2) is 0 Å². The van der Waals surface area contributed by atoms with Gasteiger partial charge in [-0.25, -0.2) is 0 Å². The molecular weight excluding hydrogens is 360 g/mol. The molecule has 2 atom stereocenters. The van der Waals surface area contributed by atoms with E-state index in [1.165, 1.54) is 128 Å². The summed E-state index contributed by atoms with van der Waals surface area (Å²) in [6, 6.07) is 0. The van der Waals surface area contributed by atoms with Crippen molar-refractivity contribution in [1.82, 2.24) is 0 Å². The Hall–Kier alpha value is -0.440. The smallest absolute Gasteiger partial charge is 0.00886 e. The van der Waals surface area contributed by atoms with Crippen molar-refractivity contribution in [1.29, 1.82) is 0 Å². The van der Waals surface area contributed by atoms with Gasteiger partial charge >= 0.3 is 0 Å². The Bertz CT molecular complexity index is 371. The fourth-order valence-electron chi connectivity index (χ4n) is 4.42. The topological polar surface area (TPSA) is 0 Å². The lowest BCUT2D eigenvalue weighted by Crippen LogP contribution is -1.97. The Morgan fingerprint density at radius 2 is 0.700 bits per heavy atom. The van der Waals surface area contributed by atoms with Crippen molar-refractivity contribution < 1.29 is 0 Å². The molecule has 0 rings (SSSR count). The molecule has 0 saturated heterocycles. The zero-order chi connectivity index (χ0) is 22.1. The zero-order valence-corrected chi connectivity index (χ0v) is 21.7. The first kappa shape index (κ1) is 29.6. The van der Waals surface area contributed by atoms with Crippen LogP contribution in [-0.4, -0.2) is 0 Å². The minimum Gasteiger partial charge on any atom is -0.103 e. The predicted molar refractivity (Wildman–Crippen MR) is 139 cm³/mol. The molecule has 0 aromatic rings. The fraction of sp³-hybridized carbons (Fsp3) is 0.933. The van der Waals surface area contributed by atoms with Crippen molar-refractivity contribution in [2.75, 3.05) is 0 Å². The summed E-state index contributed by atoms with van der Waals surface area (Å²) >= 11 is 0. The second-order valence-electron chi connectivity index (χ2n) is 10.2. The Labute approximate surface area is 192 Å². The highest BCUT2D eigenvalue weighted by atomic mass is 14.1. The predicted octanol–water partition coefficient (Wildman–Crippen LogP) is 10.9. The molecule has 2 unspecified atom stereocenters. The third kappa shape index (κ3) is 23.8. The van der Waals surface area contributed by atoms with Crippen molar-refractivity contribution in [2.45, 2.75) is 169 Å². The molecule has 0 aliphatic rings. The van der Waals surface area contributed by atoms with Crippen molar-refractivity contribution in [3.63, 3.8) is 0 Å². The van der Waals surface area contributed by atoms with Gasteiger partial charge in [0.25, 0.3) is 0 Å². The second-order valence-corrected chi connectivity index (χ2v) is 10.2. The fourth-order valence-corrected chi connectivity index (χ4v) is 4.42. The van der Waals surface area contributed by atoms with Gasteiger partial charge in [-0.1, -0.05) is 143 Å². The molecule has 0 aromatic carbocycles. The summed E-state index contributed by atoms with van der Waals surface area (Å²) in [4.78, 5) is 0. The van der Waals surface area contributed by atoms with E-state index in [0.29, 0.717) is 0 Å². The lowest BCUT2D eigenvalue weighted by Gasteiger charge is -2.13. The average molecular weight is 419 g/mol. The van der Waals surface area contributed by atoms with Crippen LogP contribution in [-0.2, 0) is 0 Å². The Morgan fingerprint density at radius 1 is 0.400 bits per heavy atom. The molecule has 0 saturated carbocycles. The second kappa shape index (κ2) is 24.8. The average Bonchev–Trinajstić information content (AvgIpc) is 2.74. The SMILES string of the molecule is CCCCCC#CCCCCC(C)CCCCCC(C)CCCCCCCCCC. The van der Waals surface area contributed by atoms with E-state index in [2.05, 4.69) is 39.5 Å². The first-order chi connectivity index (χ1) is 14.7. The largest absolute Gasteiger partial charge is 0.103 e. The maximum atomic E-state index is 3.37. The summed E-state index contributed by atoms with van der Waals surface area (Å²) in [5, 5.41) is 0. The van der Waals surface area contributed by atoms with Gasteiger partial charge in [0.05, 0.1) is 0 Å². The minimum atomic E-state index is 0.914. The molecule has 0 amide bonds. The van der Waals surface area contributed by atoms with Gasteiger partial charge in [-0.05, 0) is 24.7 Å². The minimum absolute atomic E-state index is 0.914. The van der Waals surface area contributed by atoms with Gasteiger partial charge in [0.1, 0.15) is 0 Å². The molecule has 0 radical (unpaired) electrons. The first-order valence-electron chi connectivity index (χ1n) is 14.2. The van der Waals surface area contributed by atoms with Crippen LogP contribution in [0.15, 0.2) is 0 Å². The quantitative estimate of drug-likeness (QED) is 0.121. The van der Waals surface area contributed by atoms with Gasteiger partial charge in [-0.3, -0.25) is 0 Å². The van der Waals surface area contributed by atoms with E-state index >= 15 is 0 Å². The third-order valence-electron chi connectivity index (χ3n) is 6.72. The molecule has 0 spiro atoms. The summed E-state index contributed by atoms with van der Waals surface area (Å²) in [5.74, 6) is 8.58. The van der Waals surface area contributed by atoms with E-state index in [0.717, 1.165) is 24.7 Å². The van der Waals surface area contributed by atoms with Crippen LogP contribution in [0.25, 0.3) is 0 Å². The maximum absolute atomic E-state index is 3.37. The van der Waals surface area contributed by atoms with Gasteiger partial charge in [0, 0.05) is 12.8 Å². The van der Waals surface area contributed by atoms with Crippen LogP contribution >= 0.6 is 0 Å². The highest BCUT2D eigenvalue weighted by molar-refractivity contribution is 4.98. The van der Waals surface area contributed by atoms with Gasteiger partial charge in [0.2, 0.25) is 0 Å². The lowest BCUT2D eigenvalue weighted by molar-refractivity contribution is 0.410. The highest BCUT2D eigenvalue weighted by Gasteiger charge is 2.04. The molecule has 0 bridgehead atoms. The standard InChI is InChI=1S/C30H58/c1-5-7-9-11-13-15-17-19-22-26-30(4)28-24-20-23-27-29(3)25-21-18-16-14-12-10-8-6-2/h29-30H,5-12,14,16-28H2,1-4H3. The molecule has 0 aliphatic heterocycles. The summed E-state index contributed by atoms with van der Waals surface area (Å²) in [5.41, 5.74) is 0. The molecule has 0 heteroatoms. The number of hydrogen-bond donors (Lipinski definition) is 0. The molecule has 0 aromatic heterocycles. The van der Waals surface area contributed by atoms with Crippen LogP contribution in [0.3, 0.4) is 0 Å². The molecule has 0 N–H and O–H groups in total. The number of hydrogen-bond acceptors (Lipinski definition) is 0. The van der Waals surface area contributed by atoms with Crippen LogP contribution in [0.1, 0.15) is 169 Å². The third-order valence-corrected chi connectivity index (χ3v) is 6.72. The van der Waals surface area contributed by atoms with Gasteiger partial charge < -0.3 is 0 Å². The first-order valence-corrected chi connectivity index (χ1v) is 14.2. The van der Waals surface area contributed by atoms with E-state index in [-0.39, 0.29) is 0 Å². The summed E-state index contributed by atoms with van der Waals surface area (Å²) in [6.45, 7) is 9.50. The summed E-state index contributed by atoms with van der Waals surface area (Å²) in [7, 11) is 0.